The molecule has 206 valence electrons. The molecular formula is C23H30F4N5O5-. The third-order valence-electron chi connectivity index (χ3n) is 5.79. The van der Waals surface area contributed by atoms with E-state index in [1.54, 1.807) is 6.07 Å². The number of carbonyl (C=O) groups excluding carboxylic acids is 1. The van der Waals surface area contributed by atoms with Crippen LogP contribution in [0, 0.1) is 17.7 Å². The van der Waals surface area contributed by atoms with Crippen LogP contribution in [0.4, 0.5) is 17.6 Å². The molecule has 0 amide bonds. The van der Waals surface area contributed by atoms with Gasteiger partial charge in [0.2, 0.25) is 0 Å². The summed E-state index contributed by atoms with van der Waals surface area (Å²) in [4.78, 5) is 20.7. The van der Waals surface area contributed by atoms with E-state index in [-0.39, 0.29) is 24.4 Å². The van der Waals surface area contributed by atoms with Crippen LogP contribution in [0.3, 0.4) is 0 Å². The van der Waals surface area contributed by atoms with Crippen LogP contribution in [0.25, 0.3) is 0 Å². The number of halogens is 4. The predicted molar refractivity (Wildman–Crippen MR) is 119 cm³/mol. The molecular weight excluding hydrogens is 502 g/mol. The van der Waals surface area contributed by atoms with Gasteiger partial charge in [-0.05, 0) is 56.3 Å². The van der Waals surface area contributed by atoms with Crippen molar-refractivity contribution < 1.29 is 42.1 Å². The number of alkyl halides is 3. The Morgan fingerprint density at radius 2 is 1.89 bits per heavy atom. The average molecular weight is 533 g/mol. The molecule has 10 nitrogen and oxygen atoms in total. The molecule has 1 saturated heterocycles. The van der Waals surface area contributed by atoms with Gasteiger partial charge in [0.05, 0.1) is 18.6 Å². The van der Waals surface area contributed by atoms with Gasteiger partial charge in [0.25, 0.3) is 0 Å². The van der Waals surface area contributed by atoms with Crippen LogP contribution in [0.2, 0.25) is 0 Å². The fourth-order valence-corrected chi connectivity index (χ4v) is 3.94. The zero-order valence-corrected chi connectivity index (χ0v) is 20.4. The molecule has 1 fully saturated rings. The minimum Gasteiger partial charge on any atom is -0.542 e. The number of hydrogen-bond acceptors (Lipinski definition) is 8. The van der Waals surface area contributed by atoms with Gasteiger partial charge >= 0.3 is 12.1 Å². The topological polar surface area (TPSA) is 153 Å². The smallest absolute Gasteiger partial charge is 0.430 e. The Balaban J connectivity index is 0.000000604. The Kier molecular flexibility index (Phi) is 11.4. The van der Waals surface area contributed by atoms with Gasteiger partial charge in [-0.3, -0.25) is 4.79 Å². The predicted octanol–water partition coefficient (Wildman–Crippen LogP) is 1.98. The number of nitrogens with one attached hydrogen (secondary N) is 2. The van der Waals surface area contributed by atoms with Crippen LogP contribution < -0.4 is 10.4 Å². The molecule has 2 aromatic rings. The van der Waals surface area contributed by atoms with E-state index in [2.05, 4.69) is 25.9 Å². The highest BCUT2D eigenvalue weighted by atomic mass is 19.4. The van der Waals surface area contributed by atoms with Crippen molar-refractivity contribution in [1.29, 1.82) is 0 Å². The third kappa shape index (κ3) is 10.0. The Morgan fingerprint density at radius 1 is 1.24 bits per heavy atom. The number of benzene rings is 1. The van der Waals surface area contributed by atoms with Gasteiger partial charge in [-0.2, -0.15) is 18.4 Å². The van der Waals surface area contributed by atoms with Gasteiger partial charge in [0.15, 0.2) is 5.82 Å². The number of aromatic nitrogens is 4. The molecule has 1 aromatic carbocycles. The summed E-state index contributed by atoms with van der Waals surface area (Å²) < 4.78 is 52.1. The number of carbonyl (C=O) groups is 2. The summed E-state index contributed by atoms with van der Waals surface area (Å²) in [6.07, 6.45) is -2.40. The van der Waals surface area contributed by atoms with Gasteiger partial charge in [0, 0.05) is 11.5 Å². The minimum absolute atomic E-state index is 0.153. The number of rotatable bonds is 10. The summed E-state index contributed by atoms with van der Waals surface area (Å²) in [6.45, 7) is 6.02. The third-order valence-corrected chi connectivity index (χ3v) is 5.79. The van der Waals surface area contributed by atoms with Crippen LogP contribution in [0.1, 0.15) is 56.0 Å². The SMILES string of the molecule is CC(C)C[C@H](C(=O)O)[C@H](Cc1ccc(COC2CCNCC2)c(F)c1)c1nn[nH]n1.O=C([O-])C(F)(F)F. The lowest BCUT2D eigenvalue weighted by Gasteiger charge is -2.24. The molecule has 1 aliphatic rings. The second-order valence-electron chi connectivity index (χ2n) is 9.13. The molecule has 14 heteroatoms. The normalized spacial score (nSPS) is 16.1. The van der Waals surface area contributed by atoms with E-state index >= 15 is 0 Å². The summed E-state index contributed by atoms with van der Waals surface area (Å²) in [5.41, 5.74) is 1.20. The number of tetrazole rings is 1. The number of hydrogen-bond donors (Lipinski definition) is 3. The van der Waals surface area contributed by atoms with Crippen molar-refractivity contribution in [3.63, 3.8) is 0 Å². The number of aromatic amines is 1. The number of carboxylic acid groups (broad SMARTS) is 2. The molecule has 37 heavy (non-hydrogen) atoms. The molecule has 2 heterocycles. The second-order valence-corrected chi connectivity index (χ2v) is 9.13. The van der Waals surface area contributed by atoms with Crippen molar-refractivity contribution in [2.45, 2.75) is 64.3 Å². The molecule has 0 unspecified atom stereocenters. The van der Waals surface area contributed by atoms with E-state index < -0.39 is 30.0 Å². The second kappa shape index (κ2) is 14.0. The molecule has 0 spiro atoms. The maximum Gasteiger partial charge on any atom is 0.430 e. The first-order valence-corrected chi connectivity index (χ1v) is 11.7. The monoisotopic (exact) mass is 532 g/mol. The van der Waals surface area contributed by atoms with Crippen molar-refractivity contribution in [2.75, 3.05) is 13.1 Å². The van der Waals surface area contributed by atoms with Crippen LogP contribution >= 0.6 is 0 Å². The standard InChI is InChI=1S/C21H30FN5O3.C2HF3O2/c1-13(2)9-18(21(28)29)17(20-24-26-27-25-20)10-14-3-4-15(19(22)11-14)12-30-16-5-7-23-8-6-16;3-2(4,5)1(6)7/h3-4,11,13,16-18,23H,5-10,12H2,1-2H3,(H,28,29)(H,24,25,26,27);(H,6,7)/p-1/t17-,18-;/m0./s1. The van der Waals surface area contributed by atoms with Gasteiger partial charge in [-0.1, -0.05) is 31.2 Å². The number of aliphatic carboxylic acids is 2. The molecule has 0 saturated carbocycles. The highest BCUT2D eigenvalue weighted by molar-refractivity contribution is 5.71. The Hall–Kier alpha value is -3.13. The van der Waals surface area contributed by atoms with Gasteiger partial charge in [-0.15, -0.1) is 10.2 Å². The number of ether oxygens (including phenoxy) is 1. The summed E-state index contributed by atoms with van der Waals surface area (Å²) in [6, 6.07) is 5.01. The molecule has 0 aliphatic carbocycles. The van der Waals surface area contributed by atoms with Crippen LogP contribution in [0.5, 0.6) is 0 Å². The number of carboxylic acids is 2. The van der Waals surface area contributed by atoms with E-state index in [0.717, 1.165) is 25.9 Å². The highest BCUT2D eigenvalue weighted by Gasteiger charge is 2.33. The molecule has 1 aliphatic heterocycles. The number of H-pyrrole nitrogens is 1. The van der Waals surface area contributed by atoms with E-state index in [1.165, 1.54) is 6.07 Å². The summed E-state index contributed by atoms with van der Waals surface area (Å²) in [5.74, 6) is -4.93. The molecule has 3 N–H and O–H groups in total. The molecule has 2 atom stereocenters. The molecule has 0 radical (unpaired) electrons. The zero-order valence-electron chi connectivity index (χ0n) is 20.4. The maximum absolute atomic E-state index is 14.7. The Labute approximate surface area is 210 Å². The molecule has 3 rings (SSSR count). The van der Waals surface area contributed by atoms with E-state index in [4.69, 9.17) is 14.6 Å². The highest BCUT2D eigenvalue weighted by Crippen LogP contribution is 2.31. The largest absolute Gasteiger partial charge is 0.542 e. The van der Waals surface area contributed by atoms with Gasteiger partial charge in [0.1, 0.15) is 11.8 Å². The van der Waals surface area contributed by atoms with E-state index in [9.17, 15) is 27.5 Å². The first-order chi connectivity index (χ1) is 17.4. The summed E-state index contributed by atoms with van der Waals surface area (Å²) in [5, 5.41) is 35.8. The van der Waals surface area contributed by atoms with Crippen molar-refractivity contribution in [2.24, 2.45) is 11.8 Å². The Morgan fingerprint density at radius 3 is 2.38 bits per heavy atom. The van der Waals surface area contributed by atoms with Crippen molar-refractivity contribution in [1.82, 2.24) is 25.9 Å². The first-order valence-electron chi connectivity index (χ1n) is 11.7. The lowest BCUT2D eigenvalue weighted by Crippen LogP contribution is -2.37. The van der Waals surface area contributed by atoms with Crippen LogP contribution in [-0.2, 0) is 27.4 Å². The fraction of sp³-hybridized carbons (Fsp3) is 0.609. The zero-order chi connectivity index (χ0) is 27.6. The lowest BCUT2D eigenvalue weighted by molar-refractivity contribution is -0.344. The van der Waals surface area contributed by atoms with Crippen LogP contribution in [-0.4, -0.2) is 63.0 Å². The number of nitrogens with zero attached hydrogens (tertiary/aromatic N) is 3. The molecule has 1 aromatic heterocycles. The van der Waals surface area contributed by atoms with Crippen molar-refractivity contribution in [3.8, 4) is 0 Å². The van der Waals surface area contributed by atoms with Crippen molar-refractivity contribution >= 4 is 11.9 Å². The Bertz CT molecular complexity index is 998. The quantitative estimate of drug-likeness (QED) is 0.390. The van der Waals surface area contributed by atoms with E-state index in [1.807, 2.05) is 19.9 Å². The van der Waals surface area contributed by atoms with Crippen LogP contribution in [0.15, 0.2) is 18.2 Å². The number of piperidine rings is 1. The molecule has 0 bridgehead atoms. The first kappa shape index (κ1) is 30.1. The van der Waals surface area contributed by atoms with Gasteiger partial charge < -0.3 is 25.1 Å². The fourth-order valence-electron chi connectivity index (χ4n) is 3.94. The van der Waals surface area contributed by atoms with Gasteiger partial charge in [-0.25, -0.2) is 4.39 Å². The lowest BCUT2D eigenvalue weighted by atomic mass is 9.81. The minimum atomic E-state index is -5.19. The summed E-state index contributed by atoms with van der Waals surface area (Å²) >= 11 is 0. The van der Waals surface area contributed by atoms with E-state index in [0.29, 0.717) is 29.8 Å². The summed E-state index contributed by atoms with van der Waals surface area (Å²) in [7, 11) is 0. The van der Waals surface area contributed by atoms with Crippen molar-refractivity contribution in [3.05, 3.63) is 41.0 Å². The maximum atomic E-state index is 14.7. The average Bonchev–Trinajstić information content (AvgIpc) is 3.35.